The van der Waals surface area contributed by atoms with Crippen LogP contribution in [0.2, 0.25) is 0 Å². The van der Waals surface area contributed by atoms with Crippen LogP contribution in [0.15, 0.2) is 30.3 Å². The van der Waals surface area contributed by atoms with E-state index in [1.807, 2.05) is 30.3 Å². The second kappa shape index (κ2) is 5.27. The van der Waals surface area contributed by atoms with Gasteiger partial charge in [-0.2, -0.15) is 0 Å². The molecule has 1 aliphatic rings. The fourth-order valence-electron chi connectivity index (χ4n) is 1.96. The topological polar surface area (TPSA) is 102 Å². The van der Waals surface area contributed by atoms with Gasteiger partial charge < -0.3 is 20.9 Å². The summed E-state index contributed by atoms with van der Waals surface area (Å²) in [6.45, 7) is 0.143. The van der Waals surface area contributed by atoms with Crippen molar-refractivity contribution in [1.82, 2.24) is 5.32 Å². The normalized spacial score (nSPS) is 25.2. The Bertz CT molecular complexity index is 477. The van der Waals surface area contributed by atoms with Crippen LogP contribution in [0.3, 0.4) is 0 Å². The minimum absolute atomic E-state index is 0.143. The quantitative estimate of drug-likeness (QED) is 0.748. The number of aliphatic carboxylic acids is 1. The summed E-state index contributed by atoms with van der Waals surface area (Å²) >= 11 is 0. The first-order chi connectivity index (χ1) is 9.02. The maximum absolute atomic E-state index is 11.5. The lowest BCUT2D eigenvalue weighted by Gasteiger charge is -2.42. The van der Waals surface area contributed by atoms with Crippen molar-refractivity contribution < 1.29 is 19.4 Å². The standard InChI is InChI=1S/C13H16N2O4/c14-13(11(16)17)7-6-10(13)15-12(18)19-8-9-4-2-1-3-5-9/h1-5,10H,6-8,14H2,(H,15,18)(H,16,17)/t10-,13-/m0/s1. The summed E-state index contributed by atoms with van der Waals surface area (Å²) < 4.78 is 5.01. The van der Waals surface area contributed by atoms with E-state index in [0.29, 0.717) is 12.8 Å². The van der Waals surface area contributed by atoms with E-state index in [2.05, 4.69) is 5.32 Å². The zero-order chi connectivity index (χ0) is 13.9. The second-order valence-electron chi connectivity index (χ2n) is 4.64. The molecule has 0 heterocycles. The van der Waals surface area contributed by atoms with E-state index >= 15 is 0 Å². The fraction of sp³-hybridized carbons (Fsp3) is 0.385. The number of hydrogen-bond donors (Lipinski definition) is 3. The zero-order valence-corrected chi connectivity index (χ0v) is 10.3. The number of carbonyl (C=O) groups excluding carboxylic acids is 1. The summed E-state index contributed by atoms with van der Waals surface area (Å²) in [5.41, 5.74) is 5.17. The first-order valence-corrected chi connectivity index (χ1v) is 6.02. The third-order valence-corrected chi connectivity index (χ3v) is 3.37. The van der Waals surface area contributed by atoms with Crippen LogP contribution in [0.5, 0.6) is 0 Å². The third-order valence-electron chi connectivity index (χ3n) is 3.37. The summed E-state index contributed by atoms with van der Waals surface area (Å²) in [6.07, 6.45) is 0.250. The molecule has 1 saturated carbocycles. The SMILES string of the molecule is N[C@@]1(C(=O)O)CC[C@@H]1NC(=O)OCc1ccccc1. The number of nitrogens with two attached hydrogens (primary N) is 1. The van der Waals surface area contributed by atoms with Gasteiger partial charge in [0.1, 0.15) is 12.1 Å². The highest BCUT2D eigenvalue weighted by Gasteiger charge is 2.51. The average Bonchev–Trinajstić information content (AvgIpc) is 2.41. The molecule has 2 atom stereocenters. The van der Waals surface area contributed by atoms with Gasteiger partial charge in [0.15, 0.2) is 0 Å². The summed E-state index contributed by atoms with van der Waals surface area (Å²) in [6, 6.07) is 8.65. The maximum atomic E-state index is 11.5. The second-order valence-corrected chi connectivity index (χ2v) is 4.64. The van der Waals surface area contributed by atoms with Gasteiger partial charge >= 0.3 is 12.1 Å². The number of alkyl carbamates (subject to hydrolysis) is 1. The molecule has 6 nitrogen and oxygen atoms in total. The molecule has 1 amide bonds. The highest BCUT2D eigenvalue weighted by Crippen LogP contribution is 2.30. The number of carboxylic acid groups (broad SMARTS) is 1. The number of nitrogens with one attached hydrogen (secondary N) is 1. The molecule has 1 fully saturated rings. The Morgan fingerprint density at radius 3 is 2.63 bits per heavy atom. The molecular formula is C13H16N2O4. The molecular weight excluding hydrogens is 248 g/mol. The summed E-state index contributed by atoms with van der Waals surface area (Å²) in [7, 11) is 0. The van der Waals surface area contributed by atoms with Crippen LogP contribution < -0.4 is 11.1 Å². The van der Waals surface area contributed by atoms with Gasteiger partial charge in [0.05, 0.1) is 6.04 Å². The average molecular weight is 264 g/mol. The summed E-state index contributed by atoms with van der Waals surface area (Å²) in [4.78, 5) is 22.5. The van der Waals surface area contributed by atoms with Crippen LogP contribution in [0.4, 0.5) is 4.79 Å². The molecule has 6 heteroatoms. The molecule has 0 aromatic heterocycles. The van der Waals surface area contributed by atoms with Crippen molar-refractivity contribution in [2.45, 2.75) is 31.0 Å². The molecule has 0 spiro atoms. The van der Waals surface area contributed by atoms with Crippen molar-refractivity contribution in [2.24, 2.45) is 5.73 Å². The minimum Gasteiger partial charge on any atom is -0.480 e. The van der Waals surface area contributed by atoms with Crippen molar-refractivity contribution in [2.75, 3.05) is 0 Å². The van der Waals surface area contributed by atoms with Crippen LogP contribution in [0.1, 0.15) is 18.4 Å². The molecule has 19 heavy (non-hydrogen) atoms. The molecule has 2 rings (SSSR count). The van der Waals surface area contributed by atoms with Gasteiger partial charge in [-0.15, -0.1) is 0 Å². The van der Waals surface area contributed by atoms with E-state index in [4.69, 9.17) is 15.6 Å². The van der Waals surface area contributed by atoms with Crippen LogP contribution in [-0.4, -0.2) is 28.7 Å². The monoisotopic (exact) mass is 264 g/mol. The number of carbonyl (C=O) groups is 2. The summed E-state index contributed by atoms with van der Waals surface area (Å²) in [5.74, 6) is -1.10. The van der Waals surface area contributed by atoms with E-state index < -0.39 is 23.6 Å². The van der Waals surface area contributed by atoms with Crippen molar-refractivity contribution in [3.8, 4) is 0 Å². The Morgan fingerprint density at radius 2 is 2.11 bits per heavy atom. The molecule has 0 bridgehead atoms. The van der Waals surface area contributed by atoms with Gasteiger partial charge in [0.2, 0.25) is 0 Å². The smallest absolute Gasteiger partial charge is 0.407 e. The molecule has 1 aromatic rings. The van der Waals surface area contributed by atoms with Crippen LogP contribution in [0, 0.1) is 0 Å². The fourth-order valence-corrected chi connectivity index (χ4v) is 1.96. The number of carboxylic acids is 1. The van der Waals surface area contributed by atoms with Crippen molar-refractivity contribution >= 4 is 12.1 Å². The van der Waals surface area contributed by atoms with Crippen LogP contribution in [-0.2, 0) is 16.1 Å². The molecule has 1 aliphatic carbocycles. The minimum atomic E-state index is -1.37. The molecule has 1 aromatic carbocycles. The van der Waals surface area contributed by atoms with E-state index in [-0.39, 0.29) is 6.61 Å². The third kappa shape index (κ3) is 2.85. The number of rotatable bonds is 4. The largest absolute Gasteiger partial charge is 0.480 e. The highest BCUT2D eigenvalue weighted by molar-refractivity contribution is 5.82. The first kappa shape index (κ1) is 13.4. The van der Waals surface area contributed by atoms with E-state index in [9.17, 15) is 9.59 Å². The lowest BCUT2D eigenvalue weighted by atomic mass is 9.72. The Balaban J connectivity index is 1.81. The van der Waals surface area contributed by atoms with E-state index in [0.717, 1.165) is 5.56 Å². The molecule has 0 aliphatic heterocycles. The predicted octanol–water partition coefficient (Wildman–Crippen LogP) is 0.857. The van der Waals surface area contributed by atoms with Gasteiger partial charge in [-0.1, -0.05) is 30.3 Å². The molecule has 102 valence electrons. The molecule has 4 N–H and O–H groups in total. The Kier molecular flexibility index (Phi) is 3.71. The number of hydrogen-bond acceptors (Lipinski definition) is 4. The zero-order valence-electron chi connectivity index (χ0n) is 10.3. The van der Waals surface area contributed by atoms with Crippen molar-refractivity contribution in [1.29, 1.82) is 0 Å². The van der Waals surface area contributed by atoms with Gasteiger partial charge in [-0.25, -0.2) is 4.79 Å². The van der Waals surface area contributed by atoms with Gasteiger partial charge in [-0.3, -0.25) is 4.79 Å². The van der Waals surface area contributed by atoms with Crippen LogP contribution in [0.25, 0.3) is 0 Å². The maximum Gasteiger partial charge on any atom is 0.407 e. The van der Waals surface area contributed by atoms with E-state index in [1.165, 1.54) is 0 Å². The predicted molar refractivity (Wildman–Crippen MR) is 67.3 cm³/mol. The number of ether oxygens (including phenoxy) is 1. The molecule has 0 unspecified atom stereocenters. The Hall–Kier alpha value is -2.08. The first-order valence-electron chi connectivity index (χ1n) is 6.02. The van der Waals surface area contributed by atoms with Gasteiger partial charge in [0.25, 0.3) is 0 Å². The van der Waals surface area contributed by atoms with E-state index in [1.54, 1.807) is 0 Å². The number of amides is 1. The van der Waals surface area contributed by atoms with Gasteiger partial charge in [0, 0.05) is 0 Å². The summed E-state index contributed by atoms with van der Waals surface area (Å²) in [5, 5.41) is 11.5. The van der Waals surface area contributed by atoms with Crippen LogP contribution >= 0.6 is 0 Å². The van der Waals surface area contributed by atoms with Gasteiger partial charge in [-0.05, 0) is 18.4 Å². The van der Waals surface area contributed by atoms with Crippen molar-refractivity contribution in [3.63, 3.8) is 0 Å². The highest BCUT2D eigenvalue weighted by atomic mass is 16.5. The number of benzene rings is 1. The lowest BCUT2D eigenvalue weighted by Crippen LogP contribution is -2.69. The Morgan fingerprint density at radius 1 is 1.42 bits per heavy atom. The molecule has 0 saturated heterocycles. The Labute approximate surface area is 110 Å². The molecule has 0 radical (unpaired) electrons. The lowest BCUT2D eigenvalue weighted by molar-refractivity contribution is -0.148. The van der Waals surface area contributed by atoms with Crippen molar-refractivity contribution in [3.05, 3.63) is 35.9 Å².